The van der Waals surface area contributed by atoms with Crippen molar-refractivity contribution in [3.05, 3.63) is 59.7 Å². The Balaban J connectivity index is 1.95. The number of hydrogen-bond acceptors (Lipinski definition) is 3. The molecule has 0 aliphatic heterocycles. The van der Waals surface area contributed by atoms with Crippen LogP contribution in [-0.4, -0.2) is 32.1 Å². The molecule has 0 aromatic heterocycles. The molecule has 2 rings (SSSR count). The first kappa shape index (κ1) is 20.0. The highest BCUT2D eigenvalue weighted by molar-refractivity contribution is 7.99. The summed E-state index contributed by atoms with van der Waals surface area (Å²) in [5, 5.41) is 3.61. The second-order valence-electron chi connectivity index (χ2n) is 7.09. The van der Waals surface area contributed by atoms with Crippen molar-refractivity contribution in [1.82, 2.24) is 10.2 Å². The zero-order chi connectivity index (χ0) is 18.1. The van der Waals surface area contributed by atoms with Gasteiger partial charge in [0.25, 0.3) is 0 Å². The van der Waals surface area contributed by atoms with Gasteiger partial charge < -0.3 is 10.2 Å². The minimum absolute atomic E-state index is 0.547. The van der Waals surface area contributed by atoms with Gasteiger partial charge in [-0.1, -0.05) is 62.0 Å². The first-order chi connectivity index (χ1) is 12.1. The van der Waals surface area contributed by atoms with Crippen molar-refractivity contribution in [2.24, 2.45) is 0 Å². The van der Waals surface area contributed by atoms with E-state index in [2.05, 4.69) is 86.7 Å². The van der Waals surface area contributed by atoms with E-state index in [9.17, 15) is 0 Å². The molecule has 0 aliphatic rings. The third kappa shape index (κ3) is 6.85. The van der Waals surface area contributed by atoms with Crippen molar-refractivity contribution >= 4 is 11.8 Å². The summed E-state index contributed by atoms with van der Waals surface area (Å²) < 4.78 is 0. The number of rotatable bonds is 10. The average molecular weight is 357 g/mol. The van der Waals surface area contributed by atoms with Gasteiger partial charge in [0, 0.05) is 16.3 Å². The SMILES string of the molecule is CC(C)c1ccccc1Sc1ccccc1CNCCCCN(C)C. The summed E-state index contributed by atoms with van der Waals surface area (Å²) in [4.78, 5) is 4.98. The predicted octanol–water partition coefficient (Wildman–Crippen LogP) is 5.39. The van der Waals surface area contributed by atoms with Crippen LogP contribution in [0.5, 0.6) is 0 Å². The normalized spacial score (nSPS) is 11.4. The van der Waals surface area contributed by atoms with Crippen LogP contribution < -0.4 is 5.32 Å². The monoisotopic (exact) mass is 356 g/mol. The highest BCUT2D eigenvalue weighted by Gasteiger charge is 2.09. The van der Waals surface area contributed by atoms with Crippen molar-refractivity contribution < 1.29 is 0 Å². The maximum Gasteiger partial charge on any atom is 0.0216 e. The first-order valence-corrected chi connectivity index (χ1v) is 10.1. The highest BCUT2D eigenvalue weighted by atomic mass is 32.2. The lowest BCUT2D eigenvalue weighted by atomic mass is 10.0. The molecular weight excluding hydrogens is 324 g/mol. The fraction of sp³-hybridized carbons (Fsp3) is 0.455. The van der Waals surface area contributed by atoms with Gasteiger partial charge in [0.1, 0.15) is 0 Å². The number of unbranched alkanes of at least 4 members (excludes halogenated alkanes) is 1. The minimum atomic E-state index is 0.547. The van der Waals surface area contributed by atoms with Crippen LogP contribution in [0.3, 0.4) is 0 Å². The van der Waals surface area contributed by atoms with Crippen LogP contribution in [0.25, 0.3) is 0 Å². The van der Waals surface area contributed by atoms with Crippen LogP contribution in [0, 0.1) is 0 Å². The largest absolute Gasteiger partial charge is 0.313 e. The van der Waals surface area contributed by atoms with Crippen molar-refractivity contribution in [2.75, 3.05) is 27.2 Å². The van der Waals surface area contributed by atoms with E-state index in [-0.39, 0.29) is 0 Å². The summed E-state index contributed by atoms with van der Waals surface area (Å²) >= 11 is 1.89. The Kier molecular flexibility index (Phi) is 8.53. The van der Waals surface area contributed by atoms with Gasteiger partial charge >= 0.3 is 0 Å². The smallest absolute Gasteiger partial charge is 0.0216 e. The zero-order valence-electron chi connectivity index (χ0n) is 16.1. The molecule has 1 N–H and O–H groups in total. The van der Waals surface area contributed by atoms with Crippen molar-refractivity contribution in [1.29, 1.82) is 0 Å². The van der Waals surface area contributed by atoms with Crippen LogP contribution >= 0.6 is 11.8 Å². The second-order valence-corrected chi connectivity index (χ2v) is 8.17. The van der Waals surface area contributed by atoms with Crippen LogP contribution in [0.1, 0.15) is 43.7 Å². The summed E-state index contributed by atoms with van der Waals surface area (Å²) in [6.07, 6.45) is 2.47. The molecule has 2 nitrogen and oxygen atoms in total. The Bertz CT molecular complexity index is 637. The average Bonchev–Trinajstić information content (AvgIpc) is 2.59. The number of benzene rings is 2. The Labute approximate surface area is 158 Å². The summed E-state index contributed by atoms with van der Waals surface area (Å²) in [6.45, 7) is 7.71. The molecule has 0 bridgehead atoms. The summed E-state index contributed by atoms with van der Waals surface area (Å²) in [5.74, 6) is 0.547. The molecule has 0 saturated carbocycles. The minimum Gasteiger partial charge on any atom is -0.313 e. The second kappa shape index (κ2) is 10.6. The van der Waals surface area contributed by atoms with Crippen LogP contribution in [-0.2, 0) is 6.54 Å². The van der Waals surface area contributed by atoms with Crippen LogP contribution in [0.15, 0.2) is 58.3 Å². The quantitative estimate of drug-likeness (QED) is 0.574. The van der Waals surface area contributed by atoms with Crippen LogP contribution in [0.2, 0.25) is 0 Å². The molecule has 0 radical (unpaired) electrons. The Morgan fingerprint density at radius 1 is 0.920 bits per heavy atom. The lowest BCUT2D eigenvalue weighted by molar-refractivity contribution is 0.391. The maximum atomic E-state index is 3.61. The van der Waals surface area contributed by atoms with E-state index in [1.165, 1.54) is 40.3 Å². The molecule has 0 saturated heterocycles. The van der Waals surface area contributed by atoms with Crippen molar-refractivity contribution in [2.45, 2.75) is 48.9 Å². The fourth-order valence-electron chi connectivity index (χ4n) is 2.82. The lowest BCUT2D eigenvalue weighted by Gasteiger charge is -2.15. The van der Waals surface area contributed by atoms with Gasteiger partial charge in [0.2, 0.25) is 0 Å². The molecule has 0 heterocycles. The Morgan fingerprint density at radius 2 is 1.60 bits per heavy atom. The van der Waals surface area contributed by atoms with Gasteiger partial charge in [-0.15, -0.1) is 0 Å². The molecule has 0 amide bonds. The van der Waals surface area contributed by atoms with Crippen LogP contribution in [0.4, 0.5) is 0 Å². The molecule has 0 aliphatic carbocycles. The van der Waals surface area contributed by atoms with Gasteiger partial charge in [0.05, 0.1) is 0 Å². The fourth-order valence-corrected chi connectivity index (χ4v) is 4.04. The van der Waals surface area contributed by atoms with Gasteiger partial charge in [-0.25, -0.2) is 0 Å². The lowest BCUT2D eigenvalue weighted by Crippen LogP contribution is -2.18. The van der Waals surface area contributed by atoms with Crippen molar-refractivity contribution in [3.63, 3.8) is 0 Å². The molecule has 25 heavy (non-hydrogen) atoms. The van der Waals surface area contributed by atoms with E-state index in [4.69, 9.17) is 0 Å². The van der Waals surface area contributed by atoms with Gasteiger partial charge in [-0.05, 0) is 69.2 Å². The summed E-state index contributed by atoms with van der Waals surface area (Å²) in [6, 6.07) is 17.5. The zero-order valence-corrected chi connectivity index (χ0v) is 16.9. The number of nitrogens with zero attached hydrogens (tertiary/aromatic N) is 1. The standard InChI is InChI=1S/C22H32N2S/c1-18(2)20-12-6-8-14-22(20)25-21-13-7-5-11-19(21)17-23-15-9-10-16-24(3)4/h5-8,11-14,18,23H,9-10,15-17H2,1-4H3. The molecule has 0 spiro atoms. The molecule has 0 unspecified atom stereocenters. The van der Waals surface area contributed by atoms with E-state index in [1.54, 1.807) is 0 Å². The van der Waals surface area contributed by atoms with Gasteiger partial charge in [0.15, 0.2) is 0 Å². The number of nitrogens with one attached hydrogen (secondary N) is 1. The van der Waals surface area contributed by atoms with Gasteiger partial charge in [-0.3, -0.25) is 0 Å². The van der Waals surface area contributed by atoms with E-state index in [0.29, 0.717) is 5.92 Å². The molecule has 136 valence electrons. The molecular formula is C22H32N2S. The molecule has 0 fully saturated rings. The molecule has 2 aromatic carbocycles. The topological polar surface area (TPSA) is 15.3 Å². The number of hydrogen-bond donors (Lipinski definition) is 1. The van der Waals surface area contributed by atoms with E-state index < -0.39 is 0 Å². The molecule has 2 aromatic rings. The Hall–Kier alpha value is -1.29. The first-order valence-electron chi connectivity index (χ1n) is 9.28. The van der Waals surface area contributed by atoms with Gasteiger partial charge in [-0.2, -0.15) is 0 Å². The summed E-state index contributed by atoms with van der Waals surface area (Å²) in [5.41, 5.74) is 2.82. The van der Waals surface area contributed by atoms with E-state index >= 15 is 0 Å². The highest BCUT2D eigenvalue weighted by Crippen LogP contribution is 2.35. The maximum absolute atomic E-state index is 3.61. The van der Waals surface area contributed by atoms with E-state index in [0.717, 1.165) is 13.1 Å². The third-order valence-electron chi connectivity index (χ3n) is 4.26. The molecule has 0 atom stereocenters. The third-order valence-corrected chi connectivity index (χ3v) is 5.47. The van der Waals surface area contributed by atoms with Crippen molar-refractivity contribution in [3.8, 4) is 0 Å². The van der Waals surface area contributed by atoms with E-state index in [1.807, 2.05) is 11.8 Å². The summed E-state index contributed by atoms with van der Waals surface area (Å²) in [7, 11) is 4.27. The predicted molar refractivity (Wildman–Crippen MR) is 111 cm³/mol. The molecule has 3 heteroatoms. The Morgan fingerprint density at radius 3 is 2.32 bits per heavy atom.